The van der Waals surface area contributed by atoms with Gasteiger partial charge in [0.1, 0.15) is 11.6 Å². The van der Waals surface area contributed by atoms with Crippen LogP contribution in [0.4, 0.5) is 5.82 Å². The molecule has 1 aromatic heterocycles. The van der Waals surface area contributed by atoms with E-state index in [9.17, 15) is 0 Å². The van der Waals surface area contributed by atoms with Crippen LogP contribution in [0.1, 0.15) is 26.1 Å². The third kappa shape index (κ3) is 4.02. The first-order valence-corrected chi connectivity index (χ1v) is 5.43. The topological polar surface area (TPSA) is 73.1 Å². The number of aryl methyl sites for hydroxylation is 1. The Morgan fingerprint density at radius 3 is 2.69 bits per heavy atom. The van der Waals surface area contributed by atoms with Crippen LogP contribution < -0.4 is 15.8 Å². The molecule has 0 amide bonds. The van der Waals surface area contributed by atoms with Crippen LogP contribution in [0.15, 0.2) is 6.07 Å². The lowest BCUT2D eigenvalue weighted by molar-refractivity contribution is 0.396. The second-order valence-corrected chi connectivity index (χ2v) is 4.10. The molecule has 2 unspecified atom stereocenters. The van der Waals surface area contributed by atoms with Crippen LogP contribution >= 0.6 is 0 Å². The van der Waals surface area contributed by atoms with Crippen molar-refractivity contribution in [2.24, 2.45) is 5.73 Å². The van der Waals surface area contributed by atoms with E-state index in [0.717, 1.165) is 12.2 Å². The fourth-order valence-corrected chi connectivity index (χ4v) is 1.59. The second-order valence-electron chi connectivity index (χ2n) is 4.10. The minimum absolute atomic E-state index is 0.173. The van der Waals surface area contributed by atoms with Gasteiger partial charge >= 0.3 is 0 Å². The van der Waals surface area contributed by atoms with Gasteiger partial charge in [0.05, 0.1) is 7.11 Å². The zero-order valence-electron chi connectivity index (χ0n) is 10.3. The largest absolute Gasteiger partial charge is 0.481 e. The highest BCUT2D eigenvalue weighted by Gasteiger charge is 2.07. The van der Waals surface area contributed by atoms with Crippen LogP contribution in [-0.4, -0.2) is 29.2 Å². The molecule has 0 saturated heterocycles. The smallest absolute Gasteiger partial charge is 0.218 e. The molecule has 3 N–H and O–H groups in total. The molecule has 0 radical (unpaired) electrons. The molecular weight excluding hydrogens is 204 g/mol. The Morgan fingerprint density at radius 1 is 1.44 bits per heavy atom. The molecule has 0 aliphatic carbocycles. The number of rotatable bonds is 5. The number of ether oxygens (including phenoxy) is 1. The summed E-state index contributed by atoms with van der Waals surface area (Å²) in [7, 11) is 1.59. The van der Waals surface area contributed by atoms with Gasteiger partial charge in [-0.3, -0.25) is 0 Å². The summed E-state index contributed by atoms with van der Waals surface area (Å²) < 4.78 is 5.08. The summed E-state index contributed by atoms with van der Waals surface area (Å²) in [5, 5.41) is 3.28. The first-order chi connectivity index (χ1) is 7.51. The Morgan fingerprint density at radius 2 is 2.12 bits per heavy atom. The van der Waals surface area contributed by atoms with E-state index in [0.29, 0.717) is 11.7 Å². The number of nitrogens with zero attached hydrogens (tertiary/aromatic N) is 2. The van der Waals surface area contributed by atoms with Crippen LogP contribution in [0.25, 0.3) is 0 Å². The standard InChI is InChI=1S/C11H20N4O/c1-7(12)5-8(2)13-10-6-11(16-4)15-9(3)14-10/h6-8H,5,12H2,1-4H3,(H,13,14,15). The van der Waals surface area contributed by atoms with Gasteiger partial charge < -0.3 is 15.8 Å². The van der Waals surface area contributed by atoms with Gasteiger partial charge in [-0.1, -0.05) is 0 Å². The number of nitrogens with one attached hydrogen (secondary N) is 1. The van der Waals surface area contributed by atoms with E-state index in [1.165, 1.54) is 0 Å². The van der Waals surface area contributed by atoms with Crippen molar-refractivity contribution in [2.45, 2.75) is 39.3 Å². The third-order valence-electron chi connectivity index (χ3n) is 2.14. The van der Waals surface area contributed by atoms with Crippen molar-refractivity contribution < 1.29 is 4.74 Å². The lowest BCUT2D eigenvalue weighted by Crippen LogP contribution is -2.26. The molecule has 0 aromatic carbocycles. The Balaban J connectivity index is 2.69. The molecule has 90 valence electrons. The van der Waals surface area contributed by atoms with Gasteiger partial charge in [0.2, 0.25) is 5.88 Å². The first-order valence-electron chi connectivity index (χ1n) is 5.43. The van der Waals surface area contributed by atoms with Crippen molar-refractivity contribution in [1.82, 2.24) is 9.97 Å². The van der Waals surface area contributed by atoms with E-state index < -0.39 is 0 Å². The van der Waals surface area contributed by atoms with E-state index >= 15 is 0 Å². The number of hydrogen-bond donors (Lipinski definition) is 2. The number of nitrogens with two attached hydrogens (primary N) is 1. The molecule has 0 spiro atoms. The number of anilines is 1. The summed E-state index contributed by atoms with van der Waals surface area (Å²) in [6.07, 6.45) is 0.894. The summed E-state index contributed by atoms with van der Waals surface area (Å²) >= 11 is 0. The van der Waals surface area contributed by atoms with Gasteiger partial charge in [-0.25, -0.2) is 4.98 Å². The highest BCUT2D eigenvalue weighted by atomic mass is 16.5. The zero-order chi connectivity index (χ0) is 12.1. The third-order valence-corrected chi connectivity index (χ3v) is 2.14. The molecule has 2 atom stereocenters. The average Bonchev–Trinajstić information content (AvgIpc) is 2.14. The normalized spacial score (nSPS) is 14.3. The van der Waals surface area contributed by atoms with Crippen molar-refractivity contribution in [3.05, 3.63) is 11.9 Å². The van der Waals surface area contributed by atoms with E-state index in [1.807, 2.05) is 13.8 Å². The summed E-state index contributed by atoms with van der Waals surface area (Å²) in [4.78, 5) is 8.41. The molecule has 0 saturated carbocycles. The molecule has 1 heterocycles. The number of hydrogen-bond acceptors (Lipinski definition) is 5. The van der Waals surface area contributed by atoms with Crippen molar-refractivity contribution in [1.29, 1.82) is 0 Å². The van der Waals surface area contributed by atoms with Gasteiger partial charge in [-0.2, -0.15) is 4.98 Å². The van der Waals surface area contributed by atoms with E-state index in [1.54, 1.807) is 13.2 Å². The summed E-state index contributed by atoms with van der Waals surface area (Å²) in [6.45, 7) is 5.90. The number of methoxy groups -OCH3 is 1. The monoisotopic (exact) mass is 224 g/mol. The minimum atomic E-state index is 0.173. The molecule has 1 rings (SSSR count). The van der Waals surface area contributed by atoms with Gasteiger partial charge in [-0.05, 0) is 27.2 Å². The van der Waals surface area contributed by atoms with E-state index in [2.05, 4.69) is 22.2 Å². The zero-order valence-corrected chi connectivity index (χ0v) is 10.3. The fourth-order valence-electron chi connectivity index (χ4n) is 1.59. The molecule has 0 aliphatic heterocycles. The van der Waals surface area contributed by atoms with Crippen molar-refractivity contribution >= 4 is 5.82 Å². The van der Waals surface area contributed by atoms with Crippen molar-refractivity contribution in [2.75, 3.05) is 12.4 Å². The predicted octanol–water partition coefficient (Wildman–Crippen LogP) is 1.33. The first kappa shape index (κ1) is 12.7. The van der Waals surface area contributed by atoms with E-state index in [-0.39, 0.29) is 12.1 Å². The molecule has 16 heavy (non-hydrogen) atoms. The molecule has 5 heteroatoms. The highest BCUT2D eigenvalue weighted by Crippen LogP contribution is 2.14. The Kier molecular flexibility index (Phi) is 4.49. The Hall–Kier alpha value is -1.36. The number of aromatic nitrogens is 2. The van der Waals surface area contributed by atoms with Crippen LogP contribution in [0, 0.1) is 6.92 Å². The van der Waals surface area contributed by atoms with Gasteiger partial charge in [0.25, 0.3) is 0 Å². The Labute approximate surface area is 96.4 Å². The molecule has 1 aromatic rings. The average molecular weight is 224 g/mol. The van der Waals surface area contributed by atoms with Crippen LogP contribution in [-0.2, 0) is 0 Å². The van der Waals surface area contributed by atoms with Crippen LogP contribution in [0.2, 0.25) is 0 Å². The van der Waals surface area contributed by atoms with Gasteiger partial charge in [-0.15, -0.1) is 0 Å². The Bertz CT molecular complexity index is 341. The summed E-state index contributed by atoms with van der Waals surface area (Å²) in [5.74, 6) is 2.04. The van der Waals surface area contributed by atoms with Gasteiger partial charge in [0, 0.05) is 18.2 Å². The molecule has 0 aliphatic rings. The second kappa shape index (κ2) is 5.65. The lowest BCUT2D eigenvalue weighted by atomic mass is 10.1. The van der Waals surface area contributed by atoms with Crippen molar-refractivity contribution in [3.63, 3.8) is 0 Å². The SMILES string of the molecule is COc1cc(NC(C)CC(C)N)nc(C)n1. The van der Waals surface area contributed by atoms with Gasteiger partial charge in [0.15, 0.2) is 0 Å². The van der Waals surface area contributed by atoms with Crippen LogP contribution in [0.3, 0.4) is 0 Å². The summed E-state index contributed by atoms with van der Waals surface area (Å²) in [6, 6.07) is 2.23. The summed E-state index contributed by atoms with van der Waals surface area (Å²) in [5.41, 5.74) is 5.74. The predicted molar refractivity (Wildman–Crippen MR) is 64.7 cm³/mol. The maximum Gasteiger partial charge on any atom is 0.218 e. The maximum absolute atomic E-state index is 5.74. The molecule has 0 bridgehead atoms. The van der Waals surface area contributed by atoms with E-state index in [4.69, 9.17) is 10.5 Å². The quantitative estimate of drug-likeness (QED) is 0.789. The minimum Gasteiger partial charge on any atom is -0.481 e. The molecule has 0 fully saturated rings. The van der Waals surface area contributed by atoms with Crippen LogP contribution in [0.5, 0.6) is 5.88 Å². The molecular formula is C11H20N4O. The highest BCUT2D eigenvalue weighted by molar-refractivity contribution is 5.39. The lowest BCUT2D eigenvalue weighted by Gasteiger charge is -2.16. The maximum atomic E-state index is 5.74. The van der Waals surface area contributed by atoms with Crippen molar-refractivity contribution in [3.8, 4) is 5.88 Å². The molecule has 5 nitrogen and oxygen atoms in total. The fraction of sp³-hybridized carbons (Fsp3) is 0.636.